The highest BCUT2D eigenvalue weighted by molar-refractivity contribution is 5.83. The molecule has 3 heterocycles. The van der Waals surface area contributed by atoms with Gasteiger partial charge in [-0.3, -0.25) is 9.59 Å². The normalized spacial score (nSPS) is 17.0. The number of benzene rings is 1. The zero-order chi connectivity index (χ0) is 20.4. The number of fused-ring (bicyclic) bond motifs is 1. The van der Waals surface area contributed by atoms with E-state index in [1.165, 1.54) is 6.07 Å². The zero-order valence-corrected chi connectivity index (χ0v) is 16.3. The van der Waals surface area contributed by atoms with E-state index in [9.17, 15) is 14.0 Å². The first kappa shape index (κ1) is 19.1. The van der Waals surface area contributed by atoms with Gasteiger partial charge in [-0.05, 0) is 31.0 Å². The minimum Gasteiger partial charge on any atom is -0.350 e. The van der Waals surface area contributed by atoms with E-state index in [0.717, 1.165) is 16.9 Å². The largest absolute Gasteiger partial charge is 0.350 e. The molecule has 0 radical (unpaired) electrons. The molecule has 1 atom stereocenters. The number of aryl methyl sites for hydroxylation is 1. The predicted molar refractivity (Wildman–Crippen MR) is 106 cm³/mol. The van der Waals surface area contributed by atoms with E-state index in [1.807, 2.05) is 35.9 Å². The quantitative estimate of drug-likeness (QED) is 0.724. The van der Waals surface area contributed by atoms with Gasteiger partial charge in [0.2, 0.25) is 11.8 Å². The van der Waals surface area contributed by atoms with Crippen LogP contribution < -0.4 is 5.32 Å². The van der Waals surface area contributed by atoms with Crippen molar-refractivity contribution < 1.29 is 14.0 Å². The molecule has 1 aliphatic heterocycles. The van der Waals surface area contributed by atoms with Crippen molar-refractivity contribution >= 4 is 17.5 Å². The Labute approximate surface area is 168 Å². The SMILES string of the molecule is Cc1cccn2cc(CNC(=O)[C@@H]3CCC(=O)N(Cc4ccccc4F)C3)nc12. The Balaban J connectivity index is 1.38. The molecule has 0 bridgehead atoms. The van der Waals surface area contributed by atoms with Crippen LogP contribution in [0.2, 0.25) is 0 Å². The summed E-state index contributed by atoms with van der Waals surface area (Å²) >= 11 is 0. The van der Waals surface area contributed by atoms with Crippen molar-refractivity contribution in [1.29, 1.82) is 0 Å². The van der Waals surface area contributed by atoms with Crippen LogP contribution in [0.4, 0.5) is 4.39 Å². The van der Waals surface area contributed by atoms with Crippen LogP contribution in [-0.4, -0.2) is 32.6 Å². The number of hydrogen-bond acceptors (Lipinski definition) is 3. The molecule has 0 aliphatic carbocycles. The molecule has 150 valence electrons. The number of pyridine rings is 1. The molecule has 1 fully saturated rings. The van der Waals surface area contributed by atoms with Crippen LogP contribution in [0, 0.1) is 18.7 Å². The maximum Gasteiger partial charge on any atom is 0.225 e. The van der Waals surface area contributed by atoms with Gasteiger partial charge in [0, 0.05) is 37.5 Å². The van der Waals surface area contributed by atoms with Gasteiger partial charge in [0.05, 0.1) is 18.2 Å². The second-order valence-corrected chi connectivity index (χ2v) is 7.47. The molecule has 1 aliphatic rings. The fourth-order valence-electron chi connectivity index (χ4n) is 3.73. The van der Waals surface area contributed by atoms with Crippen molar-refractivity contribution in [3.63, 3.8) is 0 Å². The summed E-state index contributed by atoms with van der Waals surface area (Å²) in [5.74, 6) is -0.801. The standard InChI is InChI=1S/C22H23FN4O2/c1-15-5-4-10-26-14-18(25-21(15)26)11-24-22(29)17-8-9-20(28)27(13-17)12-16-6-2-3-7-19(16)23/h2-7,10,14,17H,8-9,11-13H2,1H3,(H,24,29)/t17-/m1/s1. The molecule has 1 N–H and O–H groups in total. The topological polar surface area (TPSA) is 66.7 Å². The van der Waals surface area contributed by atoms with E-state index in [4.69, 9.17) is 0 Å². The monoisotopic (exact) mass is 394 g/mol. The van der Waals surface area contributed by atoms with E-state index < -0.39 is 0 Å². The molecule has 7 heteroatoms. The maximum absolute atomic E-state index is 13.9. The van der Waals surface area contributed by atoms with E-state index >= 15 is 0 Å². The number of amides is 2. The number of nitrogens with one attached hydrogen (secondary N) is 1. The second-order valence-electron chi connectivity index (χ2n) is 7.47. The number of aromatic nitrogens is 2. The number of imidazole rings is 1. The lowest BCUT2D eigenvalue weighted by Gasteiger charge is -2.32. The number of hydrogen-bond donors (Lipinski definition) is 1. The van der Waals surface area contributed by atoms with Crippen LogP contribution in [0.15, 0.2) is 48.8 Å². The number of piperidine rings is 1. The third kappa shape index (κ3) is 4.13. The average Bonchev–Trinajstić information content (AvgIpc) is 3.14. The molecule has 6 nitrogen and oxygen atoms in total. The van der Waals surface area contributed by atoms with Gasteiger partial charge in [0.25, 0.3) is 0 Å². The number of rotatable bonds is 5. The van der Waals surface area contributed by atoms with Gasteiger partial charge in [-0.25, -0.2) is 9.37 Å². The van der Waals surface area contributed by atoms with E-state index in [2.05, 4.69) is 10.3 Å². The van der Waals surface area contributed by atoms with Crippen LogP contribution in [0.5, 0.6) is 0 Å². The molecule has 29 heavy (non-hydrogen) atoms. The fourth-order valence-corrected chi connectivity index (χ4v) is 3.73. The van der Waals surface area contributed by atoms with Gasteiger partial charge in [-0.2, -0.15) is 0 Å². The average molecular weight is 394 g/mol. The highest BCUT2D eigenvalue weighted by atomic mass is 19.1. The molecule has 4 rings (SSSR count). The zero-order valence-electron chi connectivity index (χ0n) is 16.3. The Kier molecular flexibility index (Phi) is 5.29. The molecule has 3 aromatic rings. The lowest BCUT2D eigenvalue weighted by atomic mass is 9.96. The van der Waals surface area contributed by atoms with Gasteiger partial charge < -0.3 is 14.6 Å². The Morgan fingerprint density at radius 2 is 2.10 bits per heavy atom. The number of likely N-dealkylation sites (tertiary alicyclic amines) is 1. The van der Waals surface area contributed by atoms with Crippen molar-refractivity contribution in [2.45, 2.75) is 32.9 Å². The third-order valence-corrected chi connectivity index (χ3v) is 5.36. The predicted octanol–water partition coefficient (Wildman–Crippen LogP) is 2.84. The molecule has 0 spiro atoms. The van der Waals surface area contributed by atoms with Gasteiger partial charge in [-0.15, -0.1) is 0 Å². The van der Waals surface area contributed by atoms with Crippen molar-refractivity contribution in [3.05, 3.63) is 71.4 Å². The maximum atomic E-state index is 13.9. The Bertz CT molecular complexity index is 1060. The van der Waals surface area contributed by atoms with E-state index in [-0.39, 0.29) is 30.1 Å². The molecule has 2 amide bonds. The molecule has 0 unspecified atom stereocenters. The van der Waals surface area contributed by atoms with Crippen molar-refractivity contribution in [2.75, 3.05) is 6.54 Å². The van der Waals surface area contributed by atoms with Gasteiger partial charge in [0.1, 0.15) is 11.5 Å². The Morgan fingerprint density at radius 1 is 1.28 bits per heavy atom. The van der Waals surface area contributed by atoms with Crippen LogP contribution in [0.25, 0.3) is 5.65 Å². The van der Waals surface area contributed by atoms with Crippen molar-refractivity contribution in [2.24, 2.45) is 5.92 Å². The summed E-state index contributed by atoms with van der Waals surface area (Å²) in [4.78, 5) is 31.0. The first-order valence-corrected chi connectivity index (χ1v) is 9.73. The summed E-state index contributed by atoms with van der Waals surface area (Å²) in [6.07, 6.45) is 4.62. The highest BCUT2D eigenvalue weighted by Gasteiger charge is 2.30. The molecule has 1 saturated heterocycles. The summed E-state index contributed by atoms with van der Waals surface area (Å²) in [6.45, 7) is 2.80. The van der Waals surface area contributed by atoms with E-state index in [0.29, 0.717) is 31.5 Å². The van der Waals surface area contributed by atoms with Gasteiger partial charge >= 0.3 is 0 Å². The highest BCUT2D eigenvalue weighted by Crippen LogP contribution is 2.21. The minimum atomic E-state index is -0.339. The van der Waals surface area contributed by atoms with Crippen LogP contribution >= 0.6 is 0 Å². The molecule has 2 aromatic heterocycles. The number of carbonyl (C=O) groups is 2. The smallest absolute Gasteiger partial charge is 0.225 e. The number of halogens is 1. The van der Waals surface area contributed by atoms with Crippen molar-refractivity contribution in [3.8, 4) is 0 Å². The van der Waals surface area contributed by atoms with Crippen molar-refractivity contribution in [1.82, 2.24) is 19.6 Å². The minimum absolute atomic E-state index is 0.0480. The summed E-state index contributed by atoms with van der Waals surface area (Å²) in [5, 5.41) is 2.93. The van der Waals surface area contributed by atoms with Gasteiger partial charge in [-0.1, -0.05) is 24.3 Å². The summed E-state index contributed by atoms with van der Waals surface area (Å²) in [7, 11) is 0. The summed E-state index contributed by atoms with van der Waals surface area (Å²) < 4.78 is 15.9. The third-order valence-electron chi connectivity index (χ3n) is 5.36. The fraction of sp³-hybridized carbons (Fsp3) is 0.318. The van der Waals surface area contributed by atoms with Crippen LogP contribution in [0.1, 0.15) is 29.7 Å². The molecule has 0 saturated carbocycles. The number of carbonyl (C=O) groups excluding carboxylic acids is 2. The van der Waals surface area contributed by atoms with Gasteiger partial charge in [0.15, 0.2) is 0 Å². The lowest BCUT2D eigenvalue weighted by molar-refractivity contribution is -0.139. The van der Waals surface area contributed by atoms with Crippen LogP contribution in [0.3, 0.4) is 0 Å². The number of nitrogens with zero attached hydrogens (tertiary/aromatic N) is 3. The van der Waals surface area contributed by atoms with Crippen LogP contribution in [-0.2, 0) is 22.7 Å². The Morgan fingerprint density at radius 3 is 2.90 bits per heavy atom. The summed E-state index contributed by atoms with van der Waals surface area (Å²) in [5.41, 5.74) is 3.18. The Hall–Kier alpha value is -3.22. The first-order chi connectivity index (χ1) is 14.0. The summed E-state index contributed by atoms with van der Waals surface area (Å²) in [6, 6.07) is 10.4. The molecular weight excluding hydrogens is 371 g/mol. The second kappa shape index (κ2) is 8.03. The van der Waals surface area contributed by atoms with E-state index in [1.54, 1.807) is 23.1 Å². The lowest BCUT2D eigenvalue weighted by Crippen LogP contribution is -2.45. The molecule has 1 aromatic carbocycles. The molecular formula is C22H23FN4O2. The first-order valence-electron chi connectivity index (χ1n) is 9.73.